The maximum atomic E-state index is 12.5. The lowest BCUT2D eigenvalue weighted by Crippen LogP contribution is -2.17. The first-order valence-corrected chi connectivity index (χ1v) is 11.2. The summed E-state index contributed by atoms with van der Waals surface area (Å²) in [6.07, 6.45) is 1.27. The average molecular weight is 496 g/mol. The SMILES string of the molecule is COC(=O)c1cccc(Cn2c(Cl)c(C=NNC(=O)c3cc4ccccc4cc3O)sc2=O)c1. The van der Waals surface area contributed by atoms with E-state index in [2.05, 4.69) is 10.5 Å². The second kappa shape index (κ2) is 9.90. The van der Waals surface area contributed by atoms with Crippen LogP contribution in [-0.4, -0.2) is 34.9 Å². The van der Waals surface area contributed by atoms with Crippen molar-refractivity contribution < 1.29 is 19.4 Å². The molecule has 10 heteroatoms. The number of carbonyl (C=O) groups excluding carboxylic acids is 2. The molecule has 0 spiro atoms. The minimum absolute atomic E-state index is 0.0678. The van der Waals surface area contributed by atoms with Gasteiger partial charge in [-0.15, -0.1) is 0 Å². The maximum absolute atomic E-state index is 12.5. The number of hydrogen-bond donors (Lipinski definition) is 2. The van der Waals surface area contributed by atoms with E-state index in [0.717, 1.165) is 22.1 Å². The summed E-state index contributed by atoms with van der Waals surface area (Å²) in [5, 5.41) is 15.8. The van der Waals surface area contributed by atoms with Gasteiger partial charge in [-0.3, -0.25) is 14.2 Å². The van der Waals surface area contributed by atoms with Gasteiger partial charge in [-0.05, 0) is 40.6 Å². The first-order chi connectivity index (χ1) is 16.4. The number of amides is 1. The first-order valence-electron chi connectivity index (χ1n) is 9.99. The second-order valence-electron chi connectivity index (χ2n) is 7.22. The number of methoxy groups -OCH3 is 1. The Labute approximate surface area is 202 Å². The number of phenols is 1. The normalized spacial score (nSPS) is 11.1. The third-order valence-corrected chi connectivity index (χ3v) is 6.44. The number of hydrazone groups is 1. The van der Waals surface area contributed by atoms with Crippen LogP contribution in [0.15, 0.2) is 70.6 Å². The van der Waals surface area contributed by atoms with E-state index < -0.39 is 11.9 Å². The van der Waals surface area contributed by atoms with Crippen molar-refractivity contribution in [2.24, 2.45) is 5.10 Å². The van der Waals surface area contributed by atoms with Crippen LogP contribution in [0, 0.1) is 0 Å². The topological polar surface area (TPSA) is 110 Å². The number of nitrogens with one attached hydrogen (secondary N) is 1. The average Bonchev–Trinajstić information content (AvgIpc) is 3.10. The molecule has 1 amide bonds. The van der Waals surface area contributed by atoms with Crippen LogP contribution in [0.5, 0.6) is 5.75 Å². The Kier molecular flexibility index (Phi) is 6.76. The van der Waals surface area contributed by atoms with Gasteiger partial charge in [-0.1, -0.05) is 59.3 Å². The molecule has 0 aliphatic carbocycles. The third-order valence-electron chi connectivity index (χ3n) is 5.00. The Hall–Kier alpha value is -3.95. The number of phenolic OH excluding ortho intramolecular Hbond substituents is 1. The maximum Gasteiger partial charge on any atom is 0.337 e. The summed E-state index contributed by atoms with van der Waals surface area (Å²) >= 11 is 7.23. The molecule has 2 N–H and O–H groups in total. The van der Waals surface area contributed by atoms with Gasteiger partial charge in [0.25, 0.3) is 5.91 Å². The van der Waals surface area contributed by atoms with Gasteiger partial charge in [-0.2, -0.15) is 5.10 Å². The highest BCUT2D eigenvalue weighted by molar-refractivity contribution is 7.11. The number of aromatic hydroxyl groups is 1. The van der Waals surface area contributed by atoms with Gasteiger partial charge in [0.15, 0.2) is 0 Å². The second-order valence-corrected chi connectivity index (χ2v) is 8.57. The lowest BCUT2D eigenvalue weighted by atomic mass is 10.1. The quantitative estimate of drug-likeness (QED) is 0.238. The van der Waals surface area contributed by atoms with Crippen LogP contribution in [0.1, 0.15) is 31.2 Å². The fourth-order valence-corrected chi connectivity index (χ4v) is 4.44. The zero-order valence-corrected chi connectivity index (χ0v) is 19.4. The summed E-state index contributed by atoms with van der Waals surface area (Å²) in [6, 6.07) is 17.1. The lowest BCUT2D eigenvalue weighted by molar-refractivity contribution is 0.0600. The van der Waals surface area contributed by atoms with E-state index in [1.807, 2.05) is 24.3 Å². The zero-order valence-electron chi connectivity index (χ0n) is 17.8. The predicted octanol–water partition coefficient (Wildman–Crippen LogP) is 4.02. The summed E-state index contributed by atoms with van der Waals surface area (Å²) in [5.74, 6) is -1.26. The Bertz CT molecular complexity index is 1490. The highest BCUT2D eigenvalue weighted by Crippen LogP contribution is 2.25. The number of ether oxygens (including phenoxy) is 1. The molecule has 0 fully saturated rings. The largest absolute Gasteiger partial charge is 0.507 e. The zero-order chi connectivity index (χ0) is 24.2. The highest BCUT2D eigenvalue weighted by Gasteiger charge is 2.15. The van der Waals surface area contributed by atoms with Gasteiger partial charge in [0, 0.05) is 0 Å². The van der Waals surface area contributed by atoms with E-state index in [1.165, 1.54) is 24.0 Å². The Morgan fingerprint density at radius 3 is 2.62 bits per heavy atom. The number of aromatic nitrogens is 1. The summed E-state index contributed by atoms with van der Waals surface area (Å²) in [7, 11) is 1.29. The van der Waals surface area contributed by atoms with E-state index in [4.69, 9.17) is 16.3 Å². The summed E-state index contributed by atoms with van der Waals surface area (Å²) in [6.45, 7) is 0.143. The minimum Gasteiger partial charge on any atom is -0.507 e. The molecule has 0 radical (unpaired) electrons. The molecule has 0 atom stereocenters. The number of hydrogen-bond acceptors (Lipinski definition) is 7. The van der Waals surface area contributed by atoms with Crippen molar-refractivity contribution in [1.82, 2.24) is 9.99 Å². The molecule has 0 saturated carbocycles. The third kappa shape index (κ3) is 4.85. The van der Waals surface area contributed by atoms with Crippen LogP contribution in [0.25, 0.3) is 10.8 Å². The molecule has 4 aromatic rings. The van der Waals surface area contributed by atoms with Crippen molar-refractivity contribution in [2.75, 3.05) is 7.11 Å². The molecule has 1 heterocycles. The summed E-state index contributed by atoms with van der Waals surface area (Å²) in [4.78, 5) is 36.7. The lowest BCUT2D eigenvalue weighted by Gasteiger charge is -2.06. The molecule has 34 heavy (non-hydrogen) atoms. The van der Waals surface area contributed by atoms with Crippen molar-refractivity contribution in [3.05, 3.63) is 97.1 Å². The van der Waals surface area contributed by atoms with E-state index >= 15 is 0 Å². The summed E-state index contributed by atoms with van der Waals surface area (Å²) < 4.78 is 6.05. The number of nitrogens with zero attached hydrogens (tertiary/aromatic N) is 2. The van der Waals surface area contributed by atoms with E-state index in [0.29, 0.717) is 16.0 Å². The smallest absolute Gasteiger partial charge is 0.337 e. The molecule has 0 bridgehead atoms. The number of rotatable bonds is 6. The minimum atomic E-state index is -0.609. The molecule has 0 unspecified atom stereocenters. The molecule has 0 aliphatic heterocycles. The number of benzene rings is 3. The number of carbonyl (C=O) groups is 2. The van der Waals surface area contributed by atoms with Gasteiger partial charge in [0.1, 0.15) is 10.9 Å². The number of thiazole rings is 1. The molecule has 4 rings (SSSR count). The fraction of sp³-hybridized carbons (Fsp3) is 0.0833. The van der Waals surface area contributed by atoms with Gasteiger partial charge in [0.2, 0.25) is 0 Å². The first kappa shape index (κ1) is 23.2. The van der Waals surface area contributed by atoms with Gasteiger partial charge >= 0.3 is 10.8 Å². The Balaban J connectivity index is 1.50. The van der Waals surface area contributed by atoms with Crippen molar-refractivity contribution in [1.29, 1.82) is 0 Å². The van der Waals surface area contributed by atoms with Crippen molar-refractivity contribution >= 4 is 51.8 Å². The predicted molar refractivity (Wildman–Crippen MR) is 131 cm³/mol. The number of esters is 1. The Morgan fingerprint density at radius 2 is 1.88 bits per heavy atom. The molecular weight excluding hydrogens is 478 g/mol. The number of fused-ring (bicyclic) bond motifs is 1. The van der Waals surface area contributed by atoms with Crippen molar-refractivity contribution in [3.8, 4) is 5.75 Å². The van der Waals surface area contributed by atoms with Crippen LogP contribution in [0.2, 0.25) is 5.15 Å². The summed E-state index contributed by atoms with van der Waals surface area (Å²) in [5.41, 5.74) is 3.46. The molecule has 3 aromatic carbocycles. The van der Waals surface area contributed by atoms with Gasteiger partial charge in [-0.25, -0.2) is 10.2 Å². The van der Waals surface area contributed by atoms with Crippen LogP contribution in [-0.2, 0) is 11.3 Å². The van der Waals surface area contributed by atoms with Gasteiger partial charge < -0.3 is 9.84 Å². The molecule has 1 aromatic heterocycles. The molecular formula is C24H18ClN3O5S. The van der Waals surface area contributed by atoms with Crippen LogP contribution >= 0.6 is 22.9 Å². The monoisotopic (exact) mass is 495 g/mol. The van der Waals surface area contributed by atoms with E-state index in [1.54, 1.807) is 30.3 Å². The van der Waals surface area contributed by atoms with Crippen LogP contribution in [0.3, 0.4) is 0 Å². The molecule has 0 aliphatic rings. The highest BCUT2D eigenvalue weighted by atomic mass is 35.5. The number of halogens is 1. The van der Waals surface area contributed by atoms with E-state index in [-0.39, 0.29) is 27.9 Å². The van der Waals surface area contributed by atoms with Crippen molar-refractivity contribution in [2.45, 2.75) is 6.54 Å². The van der Waals surface area contributed by atoms with Gasteiger partial charge in [0.05, 0.1) is 35.9 Å². The molecule has 8 nitrogen and oxygen atoms in total. The standard InChI is InChI=1S/C24H18ClN3O5S/c1-33-23(31)17-8-4-5-14(9-17)13-28-21(25)20(34-24(28)32)12-26-27-22(30)18-10-15-6-2-3-7-16(15)11-19(18)29/h2-12,29H,13H2,1H3,(H,27,30). The molecule has 172 valence electrons. The fourth-order valence-electron chi connectivity index (χ4n) is 3.33. The molecule has 0 saturated heterocycles. The van der Waals surface area contributed by atoms with Crippen molar-refractivity contribution in [3.63, 3.8) is 0 Å². The Morgan fingerprint density at radius 1 is 1.15 bits per heavy atom. The van der Waals surface area contributed by atoms with Crippen LogP contribution < -0.4 is 10.3 Å². The van der Waals surface area contributed by atoms with Crippen LogP contribution in [0.4, 0.5) is 0 Å². The van der Waals surface area contributed by atoms with E-state index in [9.17, 15) is 19.5 Å².